The van der Waals surface area contributed by atoms with E-state index in [0.29, 0.717) is 18.9 Å². The number of ether oxygens (including phenoxy) is 1. The van der Waals surface area contributed by atoms with Crippen LogP contribution in [0.5, 0.6) is 0 Å². The van der Waals surface area contributed by atoms with Crippen LogP contribution in [-0.2, 0) is 16.0 Å². The highest BCUT2D eigenvalue weighted by molar-refractivity contribution is 5.80. The summed E-state index contributed by atoms with van der Waals surface area (Å²) in [5.74, 6) is -0.220. The van der Waals surface area contributed by atoms with Gasteiger partial charge in [0.15, 0.2) is 0 Å². The number of esters is 1. The van der Waals surface area contributed by atoms with Gasteiger partial charge in [0.2, 0.25) is 0 Å². The van der Waals surface area contributed by atoms with Gasteiger partial charge in [-0.15, -0.1) is 0 Å². The van der Waals surface area contributed by atoms with Crippen LogP contribution in [0.2, 0.25) is 0 Å². The van der Waals surface area contributed by atoms with Gasteiger partial charge in [-0.3, -0.25) is 4.79 Å². The summed E-state index contributed by atoms with van der Waals surface area (Å²) >= 11 is 0. The molecule has 1 unspecified atom stereocenters. The van der Waals surface area contributed by atoms with Crippen molar-refractivity contribution < 1.29 is 13.9 Å². The normalized spacial score (nSPS) is 14.2. The molecule has 0 amide bonds. The quantitative estimate of drug-likeness (QED) is 0.805. The third kappa shape index (κ3) is 4.63. The molecule has 19 heavy (non-hydrogen) atoms. The van der Waals surface area contributed by atoms with E-state index < -0.39 is 5.54 Å². The Morgan fingerprint density at radius 2 is 2.16 bits per heavy atom. The minimum atomic E-state index is -0.840. The van der Waals surface area contributed by atoms with Crippen molar-refractivity contribution in [2.24, 2.45) is 5.92 Å². The molecule has 1 aromatic rings. The lowest BCUT2D eigenvalue weighted by atomic mass is 9.92. The first kappa shape index (κ1) is 15.6. The Morgan fingerprint density at radius 1 is 1.47 bits per heavy atom. The molecule has 0 aliphatic heterocycles. The summed E-state index contributed by atoms with van der Waals surface area (Å²) in [6.07, 6.45) is 0.393. The molecule has 0 aliphatic rings. The smallest absolute Gasteiger partial charge is 0.326 e. The first-order chi connectivity index (χ1) is 8.87. The van der Waals surface area contributed by atoms with E-state index in [1.807, 2.05) is 0 Å². The van der Waals surface area contributed by atoms with Crippen LogP contribution in [0.25, 0.3) is 0 Å². The first-order valence-electron chi connectivity index (χ1n) is 6.45. The number of nitrogens with one attached hydrogen (secondary N) is 1. The second-order valence-electron chi connectivity index (χ2n) is 5.41. The average Bonchev–Trinajstić information content (AvgIpc) is 2.35. The highest BCUT2D eigenvalue weighted by Gasteiger charge is 2.34. The molecule has 106 valence electrons. The second kappa shape index (κ2) is 6.66. The molecular weight excluding hydrogens is 245 g/mol. The van der Waals surface area contributed by atoms with Crippen LogP contribution in [0.1, 0.15) is 26.3 Å². The van der Waals surface area contributed by atoms with Crippen molar-refractivity contribution in [3.05, 3.63) is 35.6 Å². The molecule has 0 bridgehead atoms. The lowest BCUT2D eigenvalue weighted by Crippen LogP contribution is -2.53. The van der Waals surface area contributed by atoms with Gasteiger partial charge in [-0.05, 0) is 37.1 Å². The molecule has 0 radical (unpaired) electrons. The molecule has 1 aromatic carbocycles. The van der Waals surface area contributed by atoms with Crippen molar-refractivity contribution in [1.29, 1.82) is 0 Å². The monoisotopic (exact) mass is 267 g/mol. The highest BCUT2D eigenvalue weighted by Crippen LogP contribution is 2.16. The predicted molar refractivity (Wildman–Crippen MR) is 73.4 cm³/mol. The molecule has 4 heteroatoms. The molecule has 1 N–H and O–H groups in total. The van der Waals surface area contributed by atoms with Crippen molar-refractivity contribution in [1.82, 2.24) is 5.32 Å². The Hall–Kier alpha value is -1.42. The summed E-state index contributed by atoms with van der Waals surface area (Å²) in [5, 5.41) is 3.22. The van der Waals surface area contributed by atoms with E-state index in [1.54, 1.807) is 19.1 Å². The Kier molecular flexibility index (Phi) is 5.48. The van der Waals surface area contributed by atoms with Crippen LogP contribution in [0, 0.1) is 11.7 Å². The number of rotatable bonds is 6. The maximum absolute atomic E-state index is 13.2. The van der Waals surface area contributed by atoms with Crippen molar-refractivity contribution in [2.45, 2.75) is 32.7 Å². The minimum Gasteiger partial charge on any atom is -0.468 e. The van der Waals surface area contributed by atoms with E-state index >= 15 is 0 Å². The largest absolute Gasteiger partial charge is 0.468 e. The molecular formula is C15H22FNO2. The summed E-state index contributed by atoms with van der Waals surface area (Å²) in [5.41, 5.74) is -0.0727. The van der Waals surface area contributed by atoms with Gasteiger partial charge in [-0.1, -0.05) is 26.0 Å². The van der Waals surface area contributed by atoms with E-state index in [-0.39, 0.29) is 11.8 Å². The maximum atomic E-state index is 13.2. The topological polar surface area (TPSA) is 38.3 Å². The lowest BCUT2D eigenvalue weighted by Gasteiger charge is -2.29. The number of carbonyl (C=O) groups is 1. The van der Waals surface area contributed by atoms with E-state index in [0.717, 1.165) is 5.56 Å². The van der Waals surface area contributed by atoms with Gasteiger partial charge < -0.3 is 10.1 Å². The summed E-state index contributed by atoms with van der Waals surface area (Å²) in [7, 11) is 1.36. The fourth-order valence-corrected chi connectivity index (χ4v) is 1.92. The zero-order valence-electron chi connectivity index (χ0n) is 12.0. The number of halogens is 1. The van der Waals surface area contributed by atoms with Crippen molar-refractivity contribution >= 4 is 5.97 Å². The lowest BCUT2D eigenvalue weighted by molar-refractivity contribution is -0.148. The average molecular weight is 267 g/mol. The molecule has 3 nitrogen and oxygen atoms in total. The fraction of sp³-hybridized carbons (Fsp3) is 0.533. The highest BCUT2D eigenvalue weighted by atomic mass is 19.1. The molecule has 0 heterocycles. The van der Waals surface area contributed by atoms with Crippen LogP contribution in [0.15, 0.2) is 24.3 Å². The third-order valence-electron chi connectivity index (χ3n) is 2.98. The molecule has 1 atom stereocenters. The van der Waals surface area contributed by atoms with Gasteiger partial charge in [-0.2, -0.15) is 0 Å². The fourth-order valence-electron chi connectivity index (χ4n) is 1.92. The van der Waals surface area contributed by atoms with Gasteiger partial charge in [-0.25, -0.2) is 4.39 Å². The summed E-state index contributed by atoms with van der Waals surface area (Å²) in [6.45, 7) is 6.60. The number of hydrogen-bond donors (Lipinski definition) is 1. The van der Waals surface area contributed by atoms with E-state index in [1.165, 1.54) is 19.2 Å². The number of hydrogen-bond acceptors (Lipinski definition) is 3. The van der Waals surface area contributed by atoms with Crippen LogP contribution >= 0.6 is 0 Å². The summed E-state index contributed by atoms with van der Waals surface area (Å²) < 4.78 is 18.1. The summed E-state index contributed by atoms with van der Waals surface area (Å²) in [4.78, 5) is 12.0. The number of carbonyl (C=O) groups excluding carboxylic acids is 1. The number of methoxy groups -OCH3 is 1. The van der Waals surface area contributed by atoms with E-state index in [9.17, 15) is 9.18 Å². The number of benzene rings is 1. The Morgan fingerprint density at radius 3 is 2.68 bits per heavy atom. The standard InChI is InChI=1S/C15H22FNO2/c1-11(2)10-17-15(3,14(18)19-4)9-12-6-5-7-13(16)8-12/h5-8,11,17H,9-10H2,1-4H3. The van der Waals surface area contributed by atoms with Gasteiger partial charge in [0.25, 0.3) is 0 Å². The molecule has 0 spiro atoms. The molecule has 1 rings (SSSR count). The summed E-state index contributed by atoms with van der Waals surface area (Å²) in [6, 6.07) is 6.28. The van der Waals surface area contributed by atoms with Crippen molar-refractivity contribution in [3.8, 4) is 0 Å². The Balaban J connectivity index is 2.87. The SMILES string of the molecule is COC(=O)C(C)(Cc1cccc(F)c1)NCC(C)C. The zero-order valence-corrected chi connectivity index (χ0v) is 12.0. The van der Waals surface area contributed by atoms with Crippen LogP contribution in [-0.4, -0.2) is 25.2 Å². The molecule has 0 saturated carbocycles. The Labute approximate surface area is 114 Å². The Bertz CT molecular complexity index is 434. The second-order valence-corrected chi connectivity index (χ2v) is 5.41. The third-order valence-corrected chi connectivity index (χ3v) is 2.98. The van der Waals surface area contributed by atoms with Crippen molar-refractivity contribution in [3.63, 3.8) is 0 Å². The van der Waals surface area contributed by atoms with Gasteiger partial charge >= 0.3 is 5.97 Å². The zero-order chi connectivity index (χ0) is 14.5. The van der Waals surface area contributed by atoms with Crippen LogP contribution in [0.4, 0.5) is 4.39 Å². The molecule has 0 aromatic heterocycles. The van der Waals surface area contributed by atoms with E-state index in [4.69, 9.17) is 4.74 Å². The first-order valence-corrected chi connectivity index (χ1v) is 6.45. The predicted octanol–water partition coefficient (Wildman–Crippen LogP) is 2.55. The minimum absolute atomic E-state index is 0.298. The molecule has 0 aliphatic carbocycles. The van der Waals surface area contributed by atoms with Crippen molar-refractivity contribution in [2.75, 3.05) is 13.7 Å². The van der Waals surface area contributed by atoms with Gasteiger partial charge in [0, 0.05) is 6.42 Å². The van der Waals surface area contributed by atoms with Gasteiger partial charge in [0.1, 0.15) is 11.4 Å². The van der Waals surface area contributed by atoms with Crippen LogP contribution < -0.4 is 5.32 Å². The van der Waals surface area contributed by atoms with E-state index in [2.05, 4.69) is 19.2 Å². The molecule has 0 fully saturated rings. The van der Waals surface area contributed by atoms with Crippen LogP contribution in [0.3, 0.4) is 0 Å². The molecule has 0 saturated heterocycles. The van der Waals surface area contributed by atoms with Gasteiger partial charge in [0.05, 0.1) is 7.11 Å². The maximum Gasteiger partial charge on any atom is 0.326 e.